The second-order valence-electron chi connectivity index (χ2n) is 6.74. The standard InChI is InChI=1S/C16H24N2/c1-15(2)8-9-16(17-15)10-11-18(13-16)12-14-6-4-3-5-7-14/h3-7,17H,8-13H2,1-2H3. The molecule has 1 N–H and O–H groups in total. The molecule has 0 aliphatic carbocycles. The van der Waals surface area contributed by atoms with Crippen LogP contribution in [0, 0.1) is 0 Å². The van der Waals surface area contributed by atoms with Crippen molar-refractivity contribution in [2.75, 3.05) is 13.1 Å². The van der Waals surface area contributed by atoms with Gasteiger partial charge >= 0.3 is 0 Å². The number of nitrogens with zero attached hydrogens (tertiary/aromatic N) is 1. The molecule has 2 heteroatoms. The Kier molecular flexibility index (Phi) is 2.95. The van der Waals surface area contributed by atoms with Gasteiger partial charge in [0.1, 0.15) is 0 Å². The molecule has 2 fully saturated rings. The minimum atomic E-state index is 0.336. The Morgan fingerprint density at radius 2 is 1.89 bits per heavy atom. The molecule has 98 valence electrons. The summed E-state index contributed by atoms with van der Waals surface area (Å²) in [5.41, 5.74) is 2.17. The van der Waals surface area contributed by atoms with Gasteiger partial charge in [0.25, 0.3) is 0 Å². The third-order valence-corrected chi connectivity index (χ3v) is 4.51. The normalized spacial score (nSPS) is 31.2. The molecule has 2 aliphatic heterocycles. The number of benzene rings is 1. The number of likely N-dealkylation sites (tertiary alicyclic amines) is 1. The second kappa shape index (κ2) is 4.36. The lowest BCUT2D eigenvalue weighted by Crippen LogP contribution is -2.49. The Balaban J connectivity index is 1.63. The molecule has 0 radical (unpaired) electrons. The monoisotopic (exact) mass is 244 g/mol. The van der Waals surface area contributed by atoms with Gasteiger partial charge in [-0.1, -0.05) is 30.3 Å². The van der Waals surface area contributed by atoms with Gasteiger partial charge in [-0.2, -0.15) is 0 Å². The maximum atomic E-state index is 3.88. The van der Waals surface area contributed by atoms with Crippen LogP contribution in [-0.4, -0.2) is 29.1 Å². The third kappa shape index (κ3) is 2.45. The Labute approximate surface area is 110 Å². The van der Waals surface area contributed by atoms with Crippen LogP contribution in [0.15, 0.2) is 30.3 Å². The number of rotatable bonds is 2. The first-order valence-electron chi connectivity index (χ1n) is 7.13. The highest BCUT2D eigenvalue weighted by Gasteiger charge is 2.46. The molecule has 0 bridgehead atoms. The SMILES string of the molecule is CC1(C)CCC2(CCN(Cc3ccccc3)C2)N1. The van der Waals surface area contributed by atoms with Crippen LogP contribution < -0.4 is 5.32 Å². The molecule has 3 rings (SSSR count). The zero-order valence-corrected chi connectivity index (χ0v) is 11.6. The molecule has 2 nitrogen and oxygen atoms in total. The van der Waals surface area contributed by atoms with Gasteiger partial charge < -0.3 is 5.32 Å². The fraction of sp³-hybridized carbons (Fsp3) is 0.625. The van der Waals surface area contributed by atoms with E-state index in [1.807, 2.05) is 0 Å². The van der Waals surface area contributed by atoms with E-state index in [0.29, 0.717) is 11.1 Å². The van der Waals surface area contributed by atoms with Crippen LogP contribution in [0.1, 0.15) is 38.7 Å². The molecule has 2 saturated heterocycles. The molecule has 18 heavy (non-hydrogen) atoms. The zero-order chi connectivity index (χ0) is 12.6. The van der Waals surface area contributed by atoms with Crippen LogP contribution >= 0.6 is 0 Å². The van der Waals surface area contributed by atoms with Crippen LogP contribution in [0.5, 0.6) is 0 Å². The molecule has 0 amide bonds. The van der Waals surface area contributed by atoms with Crippen LogP contribution in [0.4, 0.5) is 0 Å². The summed E-state index contributed by atoms with van der Waals surface area (Å²) in [6, 6.07) is 10.8. The lowest BCUT2D eigenvalue weighted by molar-refractivity contribution is 0.275. The summed E-state index contributed by atoms with van der Waals surface area (Å²) in [5, 5.41) is 3.88. The van der Waals surface area contributed by atoms with E-state index in [9.17, 15) is 0 Å². The molecular formula is C16H24N2. The Hall–Kier alpha value is -0.860. The van der Waals surface area contributed by atoms with Crippen molar-refractivity contribution in [1.82, 2.24) is 10.2 Å². The average molecular weight is 244 g/mol. The second-order valence-corrected chi connectivity index (χ2v) is 6.74. The summed E-state index contributed by atoms with van der Waals surface area (Å²) in [6.45, 7) is 8.22. The van der Waals surface area contributed by atoms with E-state index in [2.05, 4.69) is 54.4 Å². The molecule has 1 atom stereocenters. The van der Waals surface area contributed by atoms with E-state index in [0.717, 1.165) is 6.54 Å². The van der Waals surface area contributed by atoms with Crippen molar-refractivity contribution in [1.29, 1.82) is 0 Å². The van der Waals surface area contributed by atoms with E-state index in [1.54, 1.807) is 0 Å². The fourth-order valence-electron chi connectivity index (χ4n) is 3.64. The van der Waals surface area contributed by atoms with Crippen LogP contribution in [0.25, 0.3) is 0 Å². The van der Waals surface area contributed by atoms with Crippen molar-refractivity contribution in [3.05, 3.63) is 35.9 Å². The molecule has 1 unspecified atom stereocenters. The minimum absolute atomic E-state index is 0.336. The Bertz CT molecular complexity index is 412. The molecule has 1 aromatic carbocycles. The molecule has 1 aromatic rings. The first-order chi connectivity index (χ1) is 8.57. The maximum absolute atomic E-state index is 3.88. The summed E-state index contributed by atoms with van der Waals surface area (Å²) in [5.74, 6) is 0. The van der Waals surface area contributed by atoms with E-state index >= 15 is 0 Å². The van der Waals surface area contributed by atoms with Crippen molar-refractivity contribution >= 4 is 0 Å². The predicted molar refractivity (Wildman–Crippen MR) is 75.5 cm³/mol. The van der Waals surface area contributed by atoms with Crippen molar-refractivity contribution in [3.8, 4) is 0 Å². The Morgan fingerprint density at radius 1 is 1.11 bits per heavy atom. The quantitative estimate of drug-likeness (QED) is 0.860. The first kappa shape index (κ1) is 12.2. The van der Waals surface area contributed by atoms with Crippen LogP contribution in [0.2, 0.25) is 0 Å². The lowest BCUT2D eigenvalue weighted by Gasteiger charge is -2.29. The Morgan fingerprint density at radius 3 is 2.56 bits per heavy atom. The van der Waals surface area contributed by atoms with Crippen LogP contribution in [-0.2, 0) is 6.54 Å². The van der Waals surface area contributed by atoms with E-state index in [4.69, 9.17) is 0 Å². The van der Waals surface area contributed by atoms with E-state index < -0.39 is 0 Å². The molecular weight excluding hydrogens is 220 g/mol. The van der Waals surface area contributed by atoms with Gasteiger partial charge in [-0.15, -0.1) is 0 Å². The predicted octanol–water partition coefficient (Wildman–Crippen LogP) is 2.79. The van der Waals surface area contributed by atoms with Gasteiger partial charge in [-0.05, 0) is 38.7 Å². The summed E-state index contributed by atoms with van der Waals surface area (Å²) >= 11 is 0. The van der Waals surface area contributed by atoms with E-state index in [1.165, 1.54) is 37.9 Å². The number of nitrogens with one attached hydrogen (secondary N) is 1. The molecule has 2 heterocycles. The summed E-state index contributed by atoms with van der Waals surface area (Å²) < 4.78 is 0. The smallest absolute Gasteiger partial charge is 0.0326 e. The zero-order valence-electron chi connectivity index (χ0n) is 11.6. The van der Waals surface area contributed by atoms with Crippen molar-refractivity contribution in [3.63, 3.8) is 0 Å². The summed E-state index contributed by atoms with van der Waals surface area (Å²) in [6.07, 6.45) is 3.96. The summed E-state index contributed by atoms with van der Waals surface area (Å²) in [7, 11) is 0. The highest BCUT2D eigenvalue weighted by Crippen LogP contribution is 2.37. The van der Waals surface area contributed by atoms with Gasteiger partial charge in [0, 0.05) is 30.7 Å². The highest BCUT2D eigenvalue weighted by molar-refractivity contribution is 5.16. The molecule has 0 saturated carbocycles. The average Bonchev–Trinajstić information content (AvgIpc) is 2.85. The van der Waals surface area contributed by atoms with Crippen LogP contribution in [0.3, 0.4) is 0 Å². The number of hydrogen-bond acceptors (Lipinski definition) is 2. The molecule has 2 aliphatic rings. The van der Waals surface area contributed by atoms with Gasteiger partial charge in [-0.25, -0.2) is 0 Å². The van der Waals surface area contributed by atoms with Crippen molar-refractivity contribution in [2.24, 2.45) is 0 Å². The van der Waals surface area contributed by atoms with Gasteiger partial charge in [-0.3, -0.25) is 4.90 Å². The topological polar surface area (TPSA) is 15.3 Å². The van der Waals surface area contributed by atoms with Crippen molar-refractivity contribution in [2.45, 2.75) is 50.7 Å². The number of hydrogen-bond donors (Lipinski definition) is 1. The third-order valence-electron chi connectivity index (χ3n) is 4.51. The largest absolute Gasteiger partial charge is 0.305 e. The lowest BCUT2D eigenvalue weighted by atomic mass is 9.96. The van der Waals surface area contributed by atoms with Gasteiger partial charge in [0.2, 0.25) is 0 Å². The fourth-order valence-corrected chi connectivity index (χ4v) is 3.64. The maximum Gasteiger partial charge on any atom is 0.0326 e. The first-order valence-corrected chi connectivity index (χ1v) is 7.13. The minimum Gasteiger partial charge on any atom is -0.305 e. The molecule has 1 spiro atoms. The van der Waals surface area contributed by atoms with Gasteiger partial charge in [0.05, 0.1) is 0 Å². The van der Waals surface area contributed by atoms with Gasteiger partial charge in [0.15, 0.2) is 0 Å². The highest BCUT2D eigenvalue weighted by atomic mass is 15.2. The van der Waals surface area contributed by atoms with Crippen molar-refractivity contribution < 1.29 is 0 Å². The molecule has 0 aromatic heterocycles. The van der Waals surface area contributed by atoms with E-state index in [-0.39, 0.29) is 0 Å². The summed E-state index contributed by atoms with van der Waals surface area (Å²) in [4.78, 5) is 2.60.